The molecule has 0 unspecified atom stereocenters. The molecule has 10 heteroatoms. The lowest BCUT2D eigenvalue weighted by atomic mass is 10.1. The molecule has 0 bridgehead atoms. The van der Waals surface area contributed by atoms with Gasteiger partial charge in [0.05, 0.1) is 31.5 Å². The number of hydrogen-bond donors (Lipinski definition) is 1. The van der Waals surface area contributed by atoms with Crippen LogP contribution in [0.5, 0.6) is 11.5 Å². The van der Waals surface area contributed by atoms with Gasteiger partial charge in [-0.05, 0) is 52.7 Å². The highest BCUT2D eigenvalue weighted by Crippen LogP contribution is 2.34. The highest BCUT2D eigenvalue weighted by Gasteiger charge is 2.43. The molecule has 1 fully saturated rings. The number of carbonyl (C=O) groups excluding carboxylic acids is 3. The Morgan fingerprint density at radius 3 is 2.55 bits per heavy atom. The molecule has 1 saturated heterocycles. The SMILES string of the molecule is C=CCC[C@H](NC(=O)[C@@H]1C[C@@H](Oc2cc(-c3ccccc3)nc3cc(OC)ccc23)CN1C(=O)OC(C)(C)C)C(=O)OCC. The van der Waals surface area contributed by atoms with E-state index in [0.717, 1.165) is 10.9 Å². The van der Waals surface area contributed by atoms with E-state index < -0.39 is 41.8 Å². The molecule has 2 amide bonds. The van der Waals surface area contributed by atoms with Crippen LogP contribution in [0.2, 0.25) is 0 Å². The number of benzene rings is 2. The number of nitrogens with one attached hydrogen (secondary N) is 1. The van der Waals surface area contributed by atoms with Crippen molar-refractivity contribution < 1.29 is 33.3 Å². The molecule has 2 heterocycles. The van der Waals surface area contributed by atoms with Gasteiger partial charge in [0.25, 0.3) is 0 Å². The molecule has 3 atom stereocenters. The van der Waals surface area contributed by atoms with E-state index in [4.69, 9.17) is 23.9 Å². The van der Waals surface area contributed by atoms with Gasteiger partial charge in [0.1, 0.15) is 35.3 Å². The van der Waals surface area contributed by atoms with Crippen LogP contribution in [0.25, 0.3) is 22.2 Å². The number of fused-ring (bicyclic) bond motifs is 1. The van der Waals surface area contributed by atoms with E-state index in [2.05, 4.69) is 11.9 Å². The molecule has 1 aliphatic rings. The van der Waals surface area contributed by atoms with Crippen molar-refractivity contribution in [2.24, 2.45) is 0 Å². The Kier molecular flexibility index (Phi) is 10.5. The Morgan fingerprint density at radius 1 is 1.14 bits per heavy atom. The third-order valence-electron chi connectivity index (χ3n) is 7.08. The summed E-state index contributed by atoms with van der Waals surface area (Å²) in [5.74, 6) is 0.187. The van der Waals surface area contributed by atoms with Gasteiger partial charge in [-0.2, -0.15) is 0 Å². The van der Waals surface area contributed by atoms with E-state index in [0.29, 0.717) is 35.6 Å². The largest absolute Gasteiger partial charge is 0.497 e. The minimum Gasteiger partial charge on any atom is -0.497 e. The third-order valence-corrected chi connectivity index (χ3v) is 7.08. The summed E-state index contributed by atoms with van der Waals surface area (Å²) in [7, 11) is 1.60. The lowest BCUT2D eigenvalue weighted by molar-refractivity contribution is -0.148. The lowest BCUT2D eigenvalue weighted by Gasteiger charge is -2.28. The fraction of sp³-hybridized carbons (Fsp3) is 0.412. The molecule has 4 rings (SSSR count). The van der Waals surface area contributed by atoms with Crippen molar-refractivity contribution in [3.05, 3.63) is 67.3 Å². The first-order valence-corrected chi connectivity index (χ1v) is 14.8. The summed E-state index contributed by atoms with van der Waals surface area (Å²) >= 11 is 0. The third kappa shape index (κ3) is 8.06. The van der Waals surface area contributed by atoms with Gasteiger partial charge < -0.3 is 24.3 Å². The molecule has 0 radical (unpaired) electrons. The predicted molar refractivity (Wildman–Crippen MR) is 167 cm³/mol. The van der Waals surface area contributed by atoms with Gasteiger partial charge >= 0.3 is 12.1 Å². The van der Waals surface area contributed by atoms with Gasteiger partial charge in [0, 0.05) is 29.5 Å². The van der Waals surface area contributed by atoms with Crippen molar-refractivity contribution >= 4 is 28.9 Å². The molecule has 0 aliphatic carbocycles. The van der Waals surface area contributed by atoms with Gasteiger partial charge in [-0.15, -0.1) is 6.58 Å². The zero-order chi connectivity index (χ0) is 31.9. The number of allylic oxidation sites excluding steroid dienone is 1. The van der Waals surface area contributed by atoms with Gasteiger partial charge in [-0.3, -0.25) is 9.69 Å². The van der Waals surface area contributed by atoms with Crippen molar-refractivity contribution in [2.75, 3.05) is 20.3 Å². The van der Waals surface area contributed by atoms with Crippen LogP contribution >= 0.6 is 0 Å². The molecular weight excluding hydrogens is 562 g/mol. The maximum absolute atomic E-state index is 13.7. The highest BCUT2D eigenvalue weighted by atomic mass is 16.6. The number of nitrogens with zero attached hydrogens (tertiary/aromatic N) is 2. The molecular formula is C34H41N3O7. The monoisotopic (exact) mass is 603 g/mol. The fourth-order valence-electron chi connectivity index (χ4n) is 5.04. The van der Waals surface area contributed by atoms with Crippen molar-refractivity contribution in [2.45, 2.75) is 70.7 Å². The van der Waals surface area contributed by atoms with Gasteiger partial charge in [-0.1, -0.05) is 36.4 Å². The Morgan fingerprint density at radius 2 is 1.89 bits per heavy atom. The topological polar surface area (TPSA) is 116 Å². The van der Waals surface area contributed by atoms with Crippen LogP contribution in [0.3, 0.4) is 0 Å². The molecule has 0 saturated carbocycles. The zero-order valence-electron chi connectivity index (χ0n) is 26.0. The quantitative estimate of drug-likeness (QED) is 0.220. The van der Waals surface area contributed by atoms with Crippen LogP contribution in [0, 0.1) is 0 Å². The molecule has 1 aliphatic heterocycles. The van der Waals surface area contributed by atoms with Gasteiger partial charge in [-0.25, -0.2) is 14.6 Å². The number of esters is 1. The Bertz CT molecular complexity index is 1490. The summed E-state index contributed by atoms with van der Waals surface area (Å²) in [6.07, 6.45) is 1.48. The van der Waals surface area contributed by atoms with Crippen molar-refractivity contribution in [3.63, 3.8) is 0 Å². The average Bonchev–Trinajstić information content (AvgIpc) is 3.42. The van der Waals surface area contributed by atoms with Gasteiger partial charge in [0.2, 0.25) is 5.91 Å². The molecule has 44 heavy (non-hydrogen) atoms. The number of methoxy groups -OCH3 is 1. The normalized spacial score (nSPS) is 17.1. The summed E-state index contributed by atoms with van der Waals surface area (Å²) in [6, 6.07) is 15.3. The minimum atomic E-state index is -0.933. The Balaban J connectivity index is 1.66. The second kappa shape index (κ2) is 14.2. The highest BCUT2D eigenvalue weighted by molar-refractivity contribution is 5.91. The first kappa shape index (κ1) is 32.3. The molecule has 1 aromatic heterocycles. The Hall–Kier alpha value is -4.60. The van der Waals surface area contributed by atoms with E-state index >= 15 is 0 Å². The molecule has 1 N–H and O–H groups in total. The summed E-state index contributed by atoms with van der Waals surface area (Å²) < 4.78 is 22.8. The van der Waals surface area contributed by atoms with Crippen LogP contribution in [0.15, 0.2) is 67.3 Å². The zero-order valence-corrected chi connectivity index (χ0v) is 26.0. The average molecular weight is 604 g/mol. The maximum Gasteiger partial charge on any atom is 0.411 e. The van der Waals surface area contributed by atoms with Crippen LogP contribution in [-0.4, -0.2) is 71.9 Å². The smallest absolute Gasteiger partial charge is 0.411 e. The Labute approximate surface area is 258 Å². The number of aromatic nitrogens is 1. The number of likely N-dealkylation sites (tertiary alicyclic amines) is 1. The summed E-state index contributed by atoms with van der Waals surface area (Å²) in [4.78, 5) is 45.8. The maximum atomic E-state index is 13.7. The van der Waals surface area contributed by atoms with E-state index in [1.54, 1.807) is 40.9 Å². The second-order valence-corrected chi connectivity index (χ2v) is 11.6. The molecule has 2 aromatic carbocycles. The number of carbonyl (C=O) groups is 3. The summed E-state index contributed by atoms with van der Waals surface area (Å²) in [5, 5.41) is 3.55. The molecule has 234 valence electrons. The minimum absolute atomic E-state index is 0.102. The van der Waals surface area contributed by atoms with Crippen LogP contribution < -0.4 is 14.8 Å². The second-order valence-electron chi connectivity index (χ2n) is 11.6. The van der Waals surface area contributed by atoms with Crippen LogP contribution in [0.1, 0.15) is 47.0 Å². The first-order valence-electron chi connectivity index (χ1n) is 14.8. The predicted octanol–water partition coefficient (Wildman–Crippen LogP) is 5.68. The first-order chi connectivity index (χ1) is 21.0. The number of pyridine rings is 1. The number of hydrogen-bond acceptors (Lipinski definition) is 8. The van der Waals surface area contributed by atoms with E-state index in [1.807, 2.05) is 54.6 Å². The standard InChI is InChI=1S/C34H41N3O7/c1-7-9-15-26(32(39)42-8-2)36-31(38)29-19-24(21-37(29)33(40)44-34(3,4)5)43-30-20-27(22-13-11-10-12-14-22)35-28-18-23(41-6)16-17-25(28)30/h7,10-14,16-18,20,24,26,29H,1,8-9,15,19,21H2,2-6H3,(H,36,38)/t24-,26+,29+/m1/s1. The fourth-order valence-corrected chi connectivity index (χ4v) is 5.04. The summed E-state index contributed by atoms with van der Waals surface area (Å²) in [6.45, 7) is 11.0. The van der Waals surface area contributed by atoms with E-state index in [9.17, 15) is 14.4 Å². The lowest BCUT2D eigenvalue weighted by Crippen LogP contribution is -2.51. The van der Waals surface area contributed by atoms with Crippen molar-refractivity contribution in [3.8, 4) is 22.8 Å². The van der Waals surface area contributed by atoms with Crippen molar-refractivity contribution in [1.82, 2.24) is 15.2 Å². The van der Waals surface area contributed by atoms with E-state index in [1.165, 1.54) is 4.90 Å². The molecule has 10 nitrogen and oxygen atoms in total. The number of rotatable bonds is 11. The van der Waals surface area contributed by atoms with Crippen LogP contribution in [0.4, 0.5) is 4.79 Å². The summed E-state index contributed by atoms with van der Waals surface area (Å²) in [5.41, 5.74) is 1.51. The molecule has 0 spiro atoms. The van der Waals surface area contributed by atoms with Crippen molar-refractivity contribution in [1.29, 1.82) is 0 Å². The number of amides is 2. The number of ether oxygens (including phenoxy) is 4. The van der Waals surface area contributed by atoms with Crippen LogP contribution in [-0.2, 0) is 19.1 Å². The molecule has 3 aromatic rings. The van der Waals surface area contributed by atoms with E-state index in [-0.39, 0.29) is 19.6 Å². The van der Waals surface area contributed by atoms with Gasteiger partial charge in [0.15, 0.2) is 0 Å².